The van der Waals surface area contributed by atoms with E-state index >= 15 is 0 Å². The van der Waals surface area contributed by atoms with Crippen molar-refractivity contribution in [2.45, 2.75) is 0 Å². The van der Waals surface area contributed by atoms with Crippen molar-refractivity contribution in [3.05, 3.63) is 66.6 Å². The van der Waals surface area contributed by atoms with Crippen molar-refractivity contribution in [1.29, 1.82) is 0 Å². The number of para-hydroxylation sites is 1. The first kappa shape index (κ1) is 18.5. The van der Waals surface area contributed by atoms with Gasteiger partial charge in [0.05, 0.1) is 10.2 Å². The number of amides is 2. The van der Waals surface area contributed by atoms with Crippen molar-refractivity contribution >= 4 is 39.1 Å². The molecule has 0 aliphatic carbocycles. The van der Waals surface area contributed by atoms with Gasteiger partial charge in [-0.2, -0.15) is 0 Å². The van der Waals surface area contributed by atoms with Gasteiger partial charge < -0.3 is 15.8 Å². The molecule has 9 heteroatoms. The van der Waals surface area contributed by atoms with Crippen LogP contribution < -0.4 is 15.8 Å². The topological polar surface area (TPSA) is 120 Å². The zero-order valence-electron chi connectivity index (χ0n) is 15.0. The maximum Gasteiger partial charge on any atom is 0.276 e. The molecule has 0 saturated heterocycles. The highest BCUT2D eigenvalue weighted by Gasteiger charge is 2.19. The van der Waals surface area contributed by atoms with Crippen LogP contribution in [0.4, 0.5) is 5.69 Å². The number of hydrogen-bond acceptors (Lipinski definition) is 7. The number of nitrogens with zero attached hydrogens (tertiary/aromatic N) is 3. The molecule has 0 spiro atoms. The summed E-state index contributed by atoms with van der Waals surface area (Å²) in [5, 5.41) is 3.38. The number of carbonyl (C=O) groups excluding carboxylic acids is 2. The molecule has 0 radical (unpaired) electrons. The Hall–Kier alpha value is -3.85. The van der Waals surface area contributed by atoms with E-state index in [1.807, 2.05) is 24.3 Å². The van der Waals surface area contributed by atoms with Crippen LogP contribution >= 0.6 is 11.3 Å². The van der Waals surface area contributed by atoms with Crippen molar-refractivity contribution in [3.63, 3.8) is 0 Å². The summed E-state index contributed by atoms with van der Waals surface area (Å²) in [4.78, 5) is 36.8. The molecular formula is C20H15N5O3S. The second kappa shape index (κ2) is 8.03. The predicted molar refractivity (Wildman–Crippen MR) is 110 cm³/mol. The number of nitrogens with one attached hydrogen (secondary N) is 1. The van der Waals surface area contributed by atoms with Crippen LogP contribution in [0.2, 0.25) is 0 Å². The number of thiazole rings is 1. The van der Waals surface area contributed by atoms with E-state index in [9.17, 15) is 9.59 Å². The van der Waals surface area contributed by atoms with E-state index < -0.39 is 11.8 Å². The van der Waals surface area contributed by atoms with E-state index in [1.165, 1.54) is 23.7 Å². The van der Waals surface area contributed by atoms with E-state index in [4.69, 9.17) is 10.5 Å². The first-order valence-electron chi connectivity index (χ1n) is 8.59. The minimum Gasteiger partial charge on any atom is -0.484 e. The Morgan fingerprint density at radius 3 is 2.72 bits per heavy atom. The molecule has 29 heavy (non-hydrogen) atoms. The molecule has 2 amide bonds. The summed E-state index contributed by atoms with van der Waals surface area (Å²) < 4.78 is 6.26. The highest BCUT2D eigenvalue weighted by atomic mass is 32.1. The maximum absolute atomic E-state index is 12.8. The van der Waals surface area contributed by atoms with E-state index in [2.05, 4.69) is 20.3 Å². The van der Waals surface area contributed by atoms with Crippen LogP contribution in [0.3, 0.4) is 0 Å². The van der Waals surface area contributed by atoms with Gasteiger partial charge in [-0.25, -0.2) is 15.0 Å². The lowest BCUT2D eigenvalue weighted by Crippen LogP contribution is -2.20. The third kappa shape index (κ3) is 4.19. The monoisotopic (exact) mass is 405 g/mol. The van der Waals surface area contributed by atoms with Gasteiger partial charge in [-0.3, -0.25) is 9.59 Å². The SMILES string of the molecule is NC(=O)COc1cccc(NC(=O)c2nccnc2-c2nc3ccccc3s2)c1. The molecule has 2 heterocycles. The minimum atomic E-state index is -0.584. The van der Waals surface area contributed by atoms with E-state index in [-0.39, 0.29) is 12.3 Å². The first-order valence-corrected chi connectivity index (χ1v) is 9.41. The van der Waals surface area contributed by atoms with Crippen molar-refractivity contribution in [2.24, 2.45) is 5.73 Å². The summed E-state index contributed by atoms with van der Waals surface area (Å²) in [6.45, 7) is -0.247. The zero-order valence-corrected chi connectivity index (χ0v) is 15.8. The Bertz CT molecular complexity index is 1170. The second-order valence-electron chi connectivity index (χ2n) is 5.98. The Balaban J connectivity index is 1.60. The van der Waals surface area contributed by atoms with Crippen LogP contribution in [0.1, 0.15) is 10.5 Å². The molecule has 144 valence electrons. The number of anilines is 1. The fourth-order valence-corrected chi connectivity index (χ4v) is 3.61. The summed E-state index contributed by atoms with van der Waals surface area (Å²) in [6, 6.07) is 14.3. The lowest BCUT2D eigenvalue weighted by atomic mass is 10.2. The molecule has 4 aromatic rings. The lowest BCUT2D eigenvalue weighted by Gasteiger charge is -2.09. The van der Waals surface area contributed by atoms with Crippen LogP contribution in [-0.4, -0.2) is 33.4 Å². The van der Waals surface area contributed by atoms with Gasteiger partial charge in [0.15, 0.2) is 12.3 Å². The molecule has 0 bridgehead atoms. The van der Waals surface area contributed by atoms with Gasteiger partial charge in [0, 0.05) is 24.1 Å². The smallest absolute Gasteiger partial charge is 0.276 e. The number of rotatable bonds is 6. The van der Waals surface area contributed by atoms with Crippen LogP contribution in [0, 0.1) is 0 Å². The third-order valence-corrected chi connectivity index (χ3v) is 4.93. The molecule has 3 N–H and O–H groups in total. The van der Waals surface area contributed by atoms with Crippen molar-refractivity contribution in [2.75, 3.05) is 11.9 Å². The fraction of sp³-hybridized carbons (Fsp3) is 0.0500. The number of primary amides is 1. The molecule has 8 nitrogen and oxygen atoms in total. The average Bonchev–Trinajstić information content (AvgIpc) is 3.17. The number of fused-ring (bicyclic) bond motifs is 1. The summed E-state index contributed by atoms with van der Waals surface area (Å²) >= 11 is 1.44. The summed E-state index contributed by atoms with van der Waals surface area (Å²) in [5.74, 6) is -0.606. The molecular weight excluding hydrogens is 390 g/mol. The molecule has 0 atom stereocenters. The molecule has 0 fully saturated rings. The number of ether oxygens (including phenoxy) is 1. The molecule has 0 aliphatic rings. The van der Waals surface area contributed by atoms with Gasteiger partial charge in [-0.05, 0) is 24.3 Å². The first-order chi connectivity index (χ1) is 14.1. The molecule has 4 rings (SSSR count). The van der Waals surface area contributed by atoms with Gasteiger partial charge in [0.2, 0.25) is 0 Å². The fourth-order valence-electron chi connectivity index (χ4n) is 2.64. The Labute approximate surface area is 169 Å². The van der Waals surface area contributed by atoms with Gasteiger partial charge in [-0.15, -0.1) is 11.3 Å². The van der Waals surface area contributed by atoms with Gasteiger partial charge in [0.1, 0.15) is 16.5 Å². The zero-order chi connectivity index (χ0) is 20.2. The molecule has 0 saturated carbocycles. The average molecular weight is 405 g/mol. The third-order valence-electron chi connectivity index (χ3n) is 3.88. The van der Waals surface area contributed by atoms with Crippen LogP contribution in [-0.2, 0) is 4.79 Å². The standard InChI is InChI=1S/C20H15N5O3S/c21-16(26)11-28-13-5-3-4-12(10-13)24-19(27)17-18(23-9-8-22-17)20-25-14-6-1-2-7-15(14)29-20/h1-10H,11H2,(H2,21,26)(H,24,27). The lowest BCUT2D eigenvalue weighted by molar-refractivity contribution is -0.119. The van der Waals surface area contributed by atoms with Gasteiger partial charge >= 0.3 is 0 Å². The normalized spacial score (nSPS) is 10.6. The molecule has 0 aliphatic heterocycles. The number of benzene rings is 2. The van der Waals surface area contributed by atoms with Crippen molar-refractivity contribution in [1.82, 2.24) is 15.0 Å². The number of carbonyl (C=O) groups is 2. The summed E-state index contributed by atoms with van der Waals surface area (Å²) in [6.07, 6.45) is 2.98. The predicted octanol–water partition coefficient (Wildman–Crippen LogP) is 2.87. The van der Waals surface area contributed by atoms with E-state index in [0.717, 1.165) is 10.2 Å². The van der Waals surface area contributed by atoms with E-state index in [1.54, 1.807) is 24.3 Å². The number of aromatic nitrogens is 3. The molecule has 2 aromatic carbocycles. The Kier molecular flexibility index (Phi) is 5.12. The maximum atomic E-state index is 12.8. The second-order valence-corrected chi connectivity index (χ2v) is 7.01. The molecule has 2 aromatic heterocycles. The summed E-state index contributed by atoms with van der Waals surface area (Å²) in [7, 11) is 0. The van der Waals surface area contributed by atoms with Gasteiger partial charge in [-0.1, -0.05) is 18.2 Å². The Morgan fingerprint density at radius 1 is 1.07 bits per heavy atom. The largest absolute Gasteiger partial charge is 0.484 e. The Morgan fingerprint density at radius 2 is 1.90 bits per heavy atom. The number of nitrogens with two attached hydrogens (primary N) is 1. The van der Waals surface area contributed by atoms with Crippen molar-refractivity contribution < 1.29 is 14.3 Å². The van der Waals surface area contributed by atoms with Gasteiger partial charge in [0.25, 0.3) is 11.8 Å². The van der Waals surface area contributed by atoms with E-state index in [0.29, 0.717) is 22.1 Å². The summed E-state index contributed by atoms with van der Waals surface area (Å²) in [5.41, 5.74) is 6.97. The van der Waals surface area contributed by atoms with Crippen LogP contribution in [0.5, 0.6) is 5.75 Å². The molecule has 0 unspecified atom stereocenters. The highest BCUT2D eigenvalue weighted by molar-refractivity contribution is 7.21. The highest BCUT2D eigenvalue weighted by Crippen LogP contribution is 2.30. The number of hydrogen-bond donors (Lipinski definition) is 2. The van der Waals surface area contributed by atoms with Crippen LogP contribution in [0.15, 0.2) is 60.9 Å². The quantitative estimate of drug-likeness (QED) is 0.509. The minimum absolute atomic E-state index is 0.162. The van der Waals surface area contributed by atoms with Crippen molar-refractivity contribution in [3.8, 4) is 16.5 Å². The van der Waals surface area contributed by atoms with Crippen LogP contribution in [0.25, 0.3) is 20.9 Å².